The number of hydrogen-bond donors (Lipinski definition) is 1. The lowest BCUT2D eigenvalue weighted by atomic mass is 10.1. The van der Waals surface area contributed by atoms with Gasteiger partial charge in [0.15, 0.2) is 6.61 Å². The van der Waals surface area contributed by atoms with Crippen molar-refractivity contribution in [3.63, 3.8) is 0 Å². The number of amides is 2. The van der Waals surface area contributed by atoms with Gasteiger partial charge in [-0.05, 0) is 38.1 Å². The first-order valence-corrected chi connectivity index (χ1v) is 9.53. The number of ether oxygens (including phenoxy) is 2. The second-order valence-corrected chi connectivity index (χ2v) is 6.83. The van der Waals surface area contributed by atoms with E-state index in [0.29, 0.717) is 18.0 Å². The highest BCUT2D eigenvalue weighted by atomic mass is 16.5. The van der Waals surface area contributed by atoms with E-state index in [2.05, 4.69) is 5.32 Å². The van der Waals surface area contributed by atoms with Gasteiger partial charge in [0, 0.05) is 18.7 Å². The minimum absolute atomic E-state index is 0.0709. The highest BCUT2D eigenvalue weighted by Gasteiger charge is 2.36. The molecule has 0 spiro atoms. The van der Waals surface area contributed by atoms with E-state index in [1.54, 1.807) is 29.2 Å². The number of hydrogen-bond acceptors (Lipinski definition) is 5. The summed E-state index contributed by atoms with van der Waals surface area (Å²) in [7, 11) is 0. The van der Waals surface area contributed by atoms with Crippen LogP contribution in [0, 0.1) is 12.8 Å². The lowest BCUT2D eigenvalue weighted by Crippen LogP contribution is -2.28. The zero-order chi connectivity index (χ0) is 20.8. The molecule has 1 fully saturated rings. The summed E-state index contributed by atoms with van der Waals surface area (Å²) in [6, 6.07) is 14.6. The molecular formula is C22H24N2O5. The van der Waals surface area contributed by atoms with Gasteiger partial charge in [-0.25, -0.2) is 0 Å². The van der Waals surface area contributed by atoms with Gasteiger partial charge in [0.2, 0.25) is 5.91 Å². The molecule has 0 radical (unpaired) electrons. The predicted molar refractivity (Wildman–Crippen MR) is 109 cm³/mol. The van der Waals surface area contributed by atoms with E-state index in [-0.39, 0.29) is 18.9 Å². The third kappa shape index (κ3) is 5.13. The van der Waals surface area contributed by atoms with Gasteiger partial charge in [0.1, 0.15) is 5.75 Å². The molecular weight excluding hydrogens is 372 g/mol. The van der Waals surface area contributed by atoms with Gasteiger partial charge in [-0.2, -0.15) is 0 Å². The van der Waals surface area contributed by atoms with Crippen LogP contribution < -0.4 is 15.0 Å². The molecule has 1 heterocycles. The summed E-state index contributed by atoms with van der Waals surface area (Å²) in [5, 5.41) is 2.67. The summed E-state index contributed by atoms with van der Waals surface area (Å²) in [6.07, 6.45) is 0.0709. The van der Waals surface area contributed by atoms with Gasteiger partial charge < -0.3 is 19.7 Å². The average Bonchev–Trinajstić information content (AvgIpc) is 3.10. The maximum absolute atomic E-state index is 12.3. The second kappa shape index (κ2) is 9.23. The van der Waals surface area contributed by atoms with Crippen LogP contribution in [0.2, 0.25) is 0 Å². The molecule has 3 rings (SSSR count). The van der Waals surface area contributed by atoms with Gasteiger partial charge in [0.25, 0.3) is 5.91 Å². The summed E-state index contributed by atoms with van der Waals surface area (Å²) in [4.78, 5) is 38.3. The standard InChI is InChI=1S/C22H24N2O5/c1-3-28-19-7-5-4-6-18(19)23-20(25)14-29-22(27)16-12-21(26)24(13-16)17-10-8-15(2)9-11-17/h4-11,16H,3,12-14H2,1-2H3,(H,23,25)/t16-/m0/s1. The fourth-order valence-corrected chi connectivity index (χ4v) is 3.13. The molecule has 0 unspecified atom stereocenters. The van der Waals surface area contributed by atoms with Crippen LogP contribution >= 0.6 is 0 Å². The Hall–Kier alpha value is -3.35. The van der Waals surface area contributed by atoms with Crippen LogP contribution in [0.15, 0.2) is 48.5 Å². The fourth-order valence-electron chi connectivity index (χ4n) is 3.13. The molecule has 0 bridgehead atoms. The Morgan fingerprint density at radius 2 is 1.86 bits per heavy atom. The van der Waals surface area contributed by atoms with Crippen LogP contribution in [-0.2, 0) is 19.1 Å². The fraction of sp³-hybridized carbons (Fsp3) is 0.318. The van der Waals surface area contributed by atoms with Crippen molar-refractivity contribution in [3.05, 3.63) is 54.1 Å². The Morgan fingerprint density at radius 1 is 1.14 bits per heavy atom. The molecule has 1 aliphatic heterocycles. The van der Waals surface area contributed by atoms with E-state index in [1.807, 2.05) is 38.1 Å². The maximum atomic E-state index is 12.3. The van der Waals surface area contributed by atoms with Crippen molar-refractivity contribution in [1.82, 2.24) is 0 Å². The molecule has 29 heavy (non-hydrogen) atoms. The summed E-state index contributed by atoms with van der Waals surface area (Å²) in [5.41, 5.74) is 2.35. The average molecular weight is 396 g/mol. The quantitative estimate of drug-likeness (QED) is 0.728. The number of carbonyl (C=O) groups is 3. The molecule has 2 amide bonds. The van der Waals surface area contributed by atoms with Gasteiger partial charge >= 0.3 is 5.97 Å². The van der Waals surface area contributed by atoms with Crippen molar-refractivity contribution in [3.8, 4) is 5.75 Å². The molecule has 1 N–H and O–H groups in total. The lowest BCUT2D eigenvalue weighted by molar-refractivity contribution is -0.151. The number of para-hydroxylation sites is 2. The lowest BCUT2D eigenvalue weighted by Gasteiger charge is -2.16. The number of carbonyl (C=O) groups excluding carboxylic acids is 3. The van der Waals surface area contributed by atoms with Crippen molar-refractivity contribution in [2.24, 2.45) is 5.92 Å². The maximum Gasteiger partial charge on any atom is 0.311 e. The number of nitrogens with zero attached hydrogens (tertiary/aromatic N) is 1. The highest BCUT2D eigenvalue weighted by molar-refractivity contribution is 6.00. The van der Waals surface area contributed by atoms with Crippen molar-refractivity contribution in [2.45, 2.75) is 20.3 Å². The summed E-state index contributed by atoms with van der Waals surface area (Å²) in [6.45, 7) is 4.11. The molecule has 2 aromatic rings. The van der Waals surface area contributed by atoms with E-state index in [0.717, 1.165) is 11.3 Å². The largest absolute Gasteiger partial charge is 0.492 e. The Morgan fingerprint density at radius 3 is 2.59 bits per heavy atom. The molecule has 2 aromatic carbocycles. The Kier molecular flexibility index (Phi) is 6.49. The van der Waals surface area contributed by atoms with Crippen molar-refractivity contribution in [2.75, 3.05) is 30.0 Å². The van der Waals surface area contributed by atoms with Gasteiger partial charge in [-0.15, -0.1) is 0 Å². The van der Waals surface area contributed by atoms with Gasteiger partial charge in [-0.3, -0.25) is 14.4 Å². The second-order valence-electron chi connectivity index (χ2n) is 6.83. The zero-order valence-electron chi connectivity index (χ0n) is 16.5. The van der Waals surface area contributed by atoms with Crippen LogP contribution in [0.1, 0.15) is 18.9 Å². The number of anilines is 2. The SMILES string of the molecule is CCOc1ccccc1NC(=O)COC(=O)[C@H]1CC(=O)N(c2ccc(C)cc2)C1. The first kappa shape index (κ1) is 20.4. The molecule has 0 aromatic heterocycles. The van der Waals surface area contributed by atoms with Crippen LogP contribution in [0.5, 0.6) is 5.75 Å². The molecule has 1 aliphatic rings. The van der Waals surface area contributed by atoms with Gasteiger partial charge in [0.05, 0.1) is 18.2 Å². The van der Waals surface area contributed by atoms with Crippen LogP contribution in [0.3, 0.4) is 0 Å². The zero-order valence-corrected chi connectivity index (χ0v) is 16.5. The van der Waals surface area contributed by atoms with Crippen molar-refractivity contribution >= 4 is 29.2 Å². The van der Waals surface area contributed by atoms with Crippen LogP contribution in [0.25, 0.3) is 0 Å². The van der Waals surface area contributed by atoms with Crippen molar-refractivity contribution in [1.29, 1.82) is 0 Å². The smallest absolute Gasteiger partial charge is 0.311 e. The van der Waals surface area contributed by atoms with E-state index in [1.165, 1.54) is 0 Å². The summed E-state index contributed by atoms with van der Waals surface area (Å²) >= 11 is 0. The highest BCUT2D eigenvalue weighted by Crippen LogP contribution is 2.26. The van der Waals surface area contributed by atoms with Crippen LogP contribution in [0.4, 0.5) is 11.4 Å². The minimum atomic E-state index is -0.590. The first-order chi connectivity index (χ1) is 14.0. The minimum Gasteiger partial charge on any atom is -0.492 e. The predicted octanol–water partition coefficient (Wildman–Crippen LogP) is 2.93. The Labute approximate surface area is 169 Å². The van der Waals surface area contributed by atoms with E-state index >= 15 is 0 Å². The molecule has 7 heteroatoms. The van der Waals surface area contributed by atoms with Crippen molar-refractivity contribution < 1.29 is 23.9 Å². The third-order valence-electron chi connectivity index (χ3n) is 4.61. The first-order valence-electron chi connectivity index (χ1n) is 9.53. The monoisotopic (exact) mass is 396 g/mol. The topological polar surface area (TPSA) is 84.9 Å². The van der Waals surface area contributed by atoms with E-state index in [9.17, 15) is 14.4 Å². The van der Waals surface area contributed by atoms with Crippen LogP contribution in [-0.4, -0.2) is 37.5 Å². The molecule has 152 valence electrons. The Balaban J connectivity index is 1.52. The van der Waals surface area contributed by atoms with E-state index < -0.39 is 24.4 Å². The summed E-state index contributed by atoms with van der Waals surface area (Å²) in [5.74, 6) is -1.20. The number of aryl methyl sites for hydroxylation is 1. The molecule has 1 atom stereocenters. The summed E-state index contributed by atoms with van der Waals surface area (Å²) < 4.78 is 10.6. The number of rotatable bonds is 7. The molecule has 7 nitrogen and oxygen atoms in total. The molecule has 0 aliphatic carbocycles. The molecule has 1 saturated heterocycles. The molecule has 0 saturated carbocycles. The number of esters is 1. The Bertz CT molecular complexity index is 894. The normalized spacial score (nSPS) is 15.9. The number of benzene rings is 2. The third-order valence-corrected chi connectivity index (χ3v) is 4.61. The van der Waals surface area contributed by atoms with E-state index in [4.69, 9.17) is 9.47 Å². The van der Waals surface area contributed by atoms with Gasteiger partial charge in [-0.1, -0.05) is 29.8 Å². The number of nitrogens with one attached hydrogen (secondary N) is 1.